The standard InChI is InChI=1S/C44H53N6O8PS/c1-4-19-57-44(54)28(2)47-59(55,58-33-10-6-5-7-11-33)27-29-13-16-39-30(20-29)21-40(60-39)41(51)46-36-12-8-9-32-14-15-38(50(32)42(36)52)43(53)49-23-31(24-49)35-22-45-18-17-37(35)48-25-34(26-48)56-3/h5-7,10-11,13,16-18,20-22,28,31-32,34,36,38H,4,8-9,12,14-15,19,23-27H2,1-3H3,(H,46,51)(H,47,55)/t28-,32-,36-,38-,59?/m0/s1. The molecule has 4 saturated heterocycles. The van der Waals surface area contributed by atoms with Crippen LogP contribution in [0.1, 0.15) is 79.1 Å². The Morgan fingerprint density at radius 2 is 1.80 bits per heavy atom. The minimum atomic E-state index is -3.69. The summed E-state index contributed by atoms with van der Waals surface area (Å²) in [4.78, 5) is 65.4. The first-order chi connectivity index (χ1) is 29.0. The van der Waals surface area contributed by atoms with Gasteiger partial charge in [0.1, 0.15) is 23.9 Å². The van der Waals surface area contributed by atoms with Crippen LogP contribution in [0.5, 0.6) is 5.75 Å². The number of amides is 3. The summed E-state index contributed by atoms with van der Waals surface area (Å²) >= 11 is 1.31. The number of hydrogen-bond acceptors (Lipinski definition) is 11. The summed E-state index contributed by atoms with van der Waals surface area (Å²) in [6.07, 6.45) is 8.01. The molecule has 4 aromatic rings. The van der Waals surface area contributed by atoms with Crippen molar-refractivity contribution in [1.82, 2.24) is 25.2 Å². The summed E-state index contributed by atoms with van der Waals surface area (Å²) in [6, 6.07) is 16.0. The Morgan fingerprint density at radius 1 is 1.00 bits per heavy atom. The quantitative estimate of drug-likeness (QED) is 0.105. The van der Waals surface area contributed by atoms with E-state index < -0.39 is 31.6 Å². The molecule has 6 heterocycles. The molecule has 3 amide bonds. The Labute approximate surface area is 354 Å². The molecule has 4 aliphatic rings. The Morgan fingerprint density at radius 3 is 2.57 bits per heavy atom. The molecule has 0 aliphatic carbocycles. The molecule has 0 saturated carbocycles. The van der Waals surface area contributed by atoms with Crippen molar-refractivity contribution in [3.8, 4) is 5.75 Å². The van der Waals surface area contributed by atoms with Crippen molar-refractivity contribution in [2.75, 3.05) is 44.8 Å². The number of pyridine rings is 1. The number of likely N-dealkylation sites (tertiary alicyclic amines) is 1. The highest BCUT2D eigenvalue weighted by Crippen LogP contribution is 2.48. The van der Waals surface area contributed by atoms with E-state index in [0.29, 0.717) is 48.5 Å². The molecule has 5 atom stereocenters. The molecule has 4 fully saturated rings. The van der Waals surface area contributed by atoms with Crippen molar-refractivity contribution >= 4 is 58.3 Å². The number of ether oxygens (including phenoxy) is 2. The molecule has 318 valence electrons. The largest absolute Gasteiger partial charge is 0.465 e. The zero-order valence-corrected chi connectivity index (χ0v) is 36.0. The Kier molecular flexibility index (Phi) is 12.6. The van der Waals surface area contributed by atoms with E-state index >= 15 is 0 Å². The van der Waals surface area contributed by atoms with Gasteiger partial charge in [0, 0.05) is 73.6 Å². The van der Waals surface area contributed by atoms with Gasteiger partial charge in [0.25, 0.3) is 5.91 Å². The van der Waals surface area contributed by atoms with Gasteiger partial charge in [-0.05, 0) is 92.8 Å². The third-order valence-electron chi connectivity index (χ3n) is 12.0. The van der Waals surface area contributed by atoms with Gasteiger partial charge in [-0.25, -0.2) is 5.09 Å². The third-order valence-corrected chi connectivity index (χ3v) is 15.2. The van der Waals surface area contributed by atoms with Crippen LogP contribution in [-0.4, -0.2) is 109 Å². The van der Waals surface area contributed by atoms with Crippen molar-refractivity contribution < 1.29 is 37.7 Å². The molecule has 60 heavy (non-hydrogen) atoms. The second-order valence-electron chi connectivity index (χ2n) is 16.3. The summed E-state index contributed by atoms with van der Waals surface area (Å²) in [7, 11) is -1.95. The van der Waals surface area contributed by atoms with E-state index in [1.54, 1.807) is 55.5 Å². The molecule has 2 aromatic carbocycles. The van der Waals surface area contributed by atoms with Gasteiger partial charge in [0.2, 0.25) is 11.8 Å². The van der Waals surface area contributed by atoms with Crippen LogP contribution in [0.25, 0.3) is 10.1 Å². The van der Waals surface area contributed by atoms with Gasteiger partial charge >= 0.3 is 13.5 Å². The first kappa shape index (κ1) is 41.9. The molecule has 16 heteroatoms. The van der Waals surface area contributed by atoms with Crippen LogP contribution in [0.2, 0.25) is 0 Å². The lowest BCUT2D eigenvalue weighted by Gasteiger charge is -2.45. The minimum absolute atomic E-state index is 0.0233. The van der Waals surface area contributed by atoms with Crippen molar-refractivity contribution in [1.29, 1.82) is 0 Å². The molecule has 14 nitrogen and oxygen atoms in total. The van der Waals surface area contributed by atoms with Gasteiger partial charge in [-0.3, -0.25) is 28.7 Å². The Bertz CT molecular complexity index is 2260. The Balaban J connectivity index is 0.915. The smallest absolute Gasteiger partial charge is 0.323 e. The molecular weight excluding hydrogens is 804 g/mol. The Hall–Kier alpha value is -4.82. The lowest BCUT2D eigenvalue weighted by atomic mass is 9.89. The SMILES string of the molecule is CCCOC(=O)[C@H](C)NP(=O)(Cc1ccc2sc(C(=O)N[C@H]3CCC[C@H]4CC[C@@H](C(=O)N5CC(c6cnccc6N6CC(OC)C6)C5)N4C3=O)cc2c1)Oc1ccccc1. The third kappa shape index (κ3) is 8.95. The summed E-state index contributed by atoms with van der Waals surface area (Å²) in [5, 5.41) is 6.71. The fourth-order valence-electron chi connectivity index (χ4n) is 8.79. The van der Waals surface area contributed by atoms with Crippen LogP contribution in [0.3, 0.4) is 0 Å². The van der Waals surface area contributed by atoms with E-state index in [-0.39, 0.29) is 48.6 Å². The lowest BCUT2D eigenvalue weighted by Crippen LogP contribution is -2.59. The van der Waals surface area contributed by atoms with Gasteiger partial charge in [-0.1, -0.05) is 31.2 Å². The number of hydrogen-bond donors (Lipinski definition) is 2. The van der Waals surface area contributed by atoms with E-state index in [0.717, 1.165) is 53.7 Å². The highest BCUT2D eigenvalue weighted by atomic mass is 32.1. The molecule has 0 radical (unpaired) electrons. The van der Waals surface area contributed by atoms with E-state index in [4.69, 9.17) is 14.0 Å². The van der Waals surface area contributed by atoms with Crippen LogP contribution >= 0.6 is 18.9 Å². The second kappa shape index (κ2) is 18.0. The van der Waals surface area contributed by atoms with Crippen LogP contribution < -0.4 is 19.8 Å². The molecule has 0 bridgehead atoms. The molecule has 0 spiro atoms. The maximum atomic E-state index is 14.3. The average molecular weight is 857 g/mol. The molecule has 2 N–H and O–H groups in total. The van der Waals surface area contributed by atoms with Crippen LogP contribution in [0, 0.1) is 0 Å². The number of carbonyl (C=O) groups is 4. The highest BCUT2D eigenvalue weighted by molar-refractivity contribution is 7.56. The summed E-state index contributed by atoms with van der Waals surface area (Å²) in [5.41, 5.74) is 2.96. The second-order valence-corrected chi connectivity index (χ2v) is 19.5. The first-order valence-electron chi connectivity index (χ1n) is 21.0. The molecular formula is C44H53N6O8PS. The number of para-hydroxylation sites is 1. The first-order valence-corrected chi connectivity index (χ1v) is 23.6. The van der Waals surface area contributed by atoms with Crippen molar-refractivity contribution in [3.05, 3.63) is 89.1 Å². The topological polar surface area (TPSA) is 160 Å². The molecule has 2 aromatic heterocycles. The zero-order chi connectivity index (χ0) is 42.0. The highest BCUT2D eigenvalue weighted by Gasteiger charge is 2.48. The monoisotopic (exact) mass is 856 g/mol. The minimum Gasteiger partial charge on any atom is -0.465 e. The number of carbonyl (C=O) groups excluding carboxylic acids is 4. The van der Waals surface area contributed by atoms with Crippen LogP contribution in [0.15, 0.2) is 73.1 Å². The van der Waals surface area contributed by atoms with Gasteiger partial charge in [-0.15, -0.1) is 11.3 Å². The maximum absolute atomic E-state index is 14.3. The van der Waals surface area contributed by atoms with Crippen molar-refractivity contribution in [2.24, 2.45) is 0 Å². The predicted molar refractivity (Wildman–Crippen MR) is 229 cm³/mol. The van der Waals surface area contributed by atoms with Crippen molar-refractivity contribution in [3.63, 3.8) is 0 Å². The number of esters is 1. The molecule has 8 rings (SSSR count). The normalized spacial score (nSPS) is 22.3. The van der Waals surface area contributed by atoms with E-state index in [1.807, 2.05) is 48.4 Å². The number of aromatic nitrogens is 1. The number of benzene rings is 2. The number of nitrogens with one attached hydrogen (secondary N) is 2. The fourth-order valence-corrected chi connectivity index (χ4v) is 11.8. The van der Waals surface area contributed by atoms with E-state index in [1.165, 1.54) is 11.3 Å². The summed E-state index contributed by atoms with van der Waals surface area (Å²) in [6.45, 7) is 6.58. The number of thiophene rings is 1. The molecule has 4 aliphatic heterocycles. The van der Waals surface area contributed by atoms with Gasteiger partial charge in [0.05, 0.1) is 23.7 Å². The zero-order valence-electron chi connectivity index (χ0n) is 34.3. The van der Waals surface area contributed by atoms with E-state index in [2.05, 4.69) is 20.3 Å². The van der Waals surface area contributed by atoms with E-state index in [9.17, 15) is 23.7 Å². The number of nitrogens with zero attached hydrogens (tertiary/aromatic N) is 4. The van der Waals surface area contributed by atoms with Gasteiger partial charge in [-0.2, -0.15) is 0 Å². The predicted octanol–water partition coefficient (Wildman–Crippen LogP) is 6.10. The average Bonchev–Trinajstić information content (AvgIpc) is 3.80. The molecule has 1 unspecified atom stereocenters. The van der Waals surface area contributed by atoms with Gasteiger partial charge in [0.15, 0.2) is 0 Å². The van der Waals surface area contributed by atoms with Crippen LogP contribution in [-0.2, 0) is 34.6 Å². The lowest BCUT2D eigenvalue weighted by molar-refractivity contribution is -0.148. The summed E-state index contributed by atoms with van der Waals surface area (Å²) in [5.74, 6) is -0.521. The fraction of sp³-hybridized carbons (Fsp3) is 0.477. The number of anilines is 1. The number of methoxy groups -OCH3 is 1. The van der Waals surface area contributed by atoms with Crippen molar-refractivity contribution in [2.45, 2.75) is 94.7 Å². The van der Waals surface area contributed by atoms with Gasteiger partial charge < -0.3 is 34.0 Å². The number of rotatable bonds is 15. The van der Waals surface area contributed by atoms with Crippen LogP contribution in [0.4, 0.5) is 5.69 Å². The maximum Gasteiger partial charge on any atom is 0.323 e. The summed E-state index contributed by atoms with van der Waals surface area (Å²) < 4.78 is 32.0. The number of fused-ring (bicyclic) bond motifs is 2.